The molecule has 1 saturated heterocycles. The van der Waals surface area contributed by atoms with E-state index in [1.165, 1.54) is 19.0 Å². The fraction of sp³-hybridized carbons (Fsp3) is 0.263. The Hall–Kier alpha value is -3.54. The van der Waals surface area contributed by atoms with Gasteiger partial charge < -0.3 is 10.2 Å². The van der Waals surface area contributed by atoms with E-state index in [1.807, 2.05) is 12.1 Å². The number of hydrogen-bond donors (Lipinski definition) is 1. The minimum atomic E-state index is -0.411. The third kappa shape index (κ3) is 4.59. The number of hydrogen-bond acceptors (Lipinski definition) is 5. The highest BCUT2D eigenvalue weighted by Crippen LogP contribution is 2.19. The van der Waals surface area contributed by atoms with Gasteiger partial charge in [-0.25, -0.2) is 18.3 Å². The molecule has 0 aliphatic carbocycles. The van der Waals surface area contributed by atoms with Crippen LogP contribution in [-0.4, -0.2) is 40.1 Å². The van der Waals surface area contributed by atoms with E-state index in [0.29, 0.717) is 11.2 Å². The highest BCUT2D eigenvalue weighted by molar-refractivity contribution is 5.99. The van der Waals surface area contributed by atoms with Gasteiger partial charge in [0.2, 0.25) is 0 Å². The number of nitrogens with one attached hydrogen (secondary N) is 1. The summed E-state index contributed by atoms with van der Waals surface area (Å²) < 4.78 is 25.4. The van der Waals surface area contributed by atoms with Crippen LogP contribution >= 0.6 is 0 Å². The first-order valence-corrected chi connectivity index (χ1v) is 8.74. The largest absolute Gasteiger partial charge is 0.357 e. The summed E-state index contributed by atoms with van der Waals surface area (Å²) in [4.78, 5) is 18.7. The molecule has 9 heteroatoms. The first-order chi connectivity index (χ1) is 13.6. The molecule has 0 saturated carbocycles. The summed E-state index contributed by atoms with van der Waals surface area (Å²) in [5.74, 6) is -0.282. The fourth-order valence-electron chi connectivity index (χ4n) is 2.79. The number of fused-ring (bicyclic) bond motifs is 1. The van der Waals surface area contributed by atoms with Crippen molar-refractivity contribution in [2.24, 2.45) is 0 Å². The lowest BCUT2D eigenvalue weighted by atomic mass is 10.3. The van der Waals surface area contributed by atoms with E-state index in [9.17, 15) is 13.6 Å². The van der Waals surface area contributed by atoms with Crippen molar-refractivity contribution in [3.63, 3.8) is 0 Å². The molecule has 3 heterocycles. The highest BCUT2D eigenvalue weighted by Gasteiger charge is 2.17. The fourth-order valence-corrected chi connectivity index (χ4v) is 2.79. The number of halogens is 2. The van der Waals surface area contributed by atoms with Crippen LogP contribution in [0.25, 0.3) is 5.65 Å². The van der Waals surface area contributed by atoms with Gasteiger partial charge in [-0.3, -0.25) is 4.79 Å². The van der Waals surface area contributed by atoms with E-state index in [0.717, 1.165) is 43.2 Å². The van der Waals surface area contributed by atoms with Crippen LogP contribution in [0.5, 0.6) is 0 Å². The average Bonchev–Trinajstić information content (AvgIpc) is 3.38. The molecule has 1 N–H and O–H groups in total. The molecule has 1 amide bonds. The molecule has 1 aromatic carbocycles. The van der Waals surface area contributed by atoms with Crippen LogP contribution in [-0.2, 0) is 0 Å². The van der Waals surface area contributed by atoms with Crippen molar-refractivity contribution in [3.05, 3.63) is 59.9 Å². The number of amides is 1. The van der Waals surface area contributed by atoms with Crippen LogP contribution in [0.2, 0.25) is 0 Å². The summed E-state index contributed by atoms with van der Waals surface area (Å²) in [6.45, 7) is 1.96. The molecule has 0 atom stereocenters. The Morgan fingerprint density at radius 1 is 1.14 bits per heavy atom. The number of rotatable bonds is 3. The smallest absolute Gasteiger partial charge is 0.257 e. The molecule has 1 fully saturated rings. The van der Waals surface area contributed by atoms with Gasteiger partial charge in [0.05, 0.1) is 12.3 Å². The minimum Gasteiger partial charge on any atom is -0.357 e. The maximum atomic E-state index is 11.9. The lowest BCUT2D eigenvalue weighted by Crippen LogP contribution is -2.24. The second-order valence-corrected chi connectivity index (χ2v) is 6.08. The molecule has 0 radical (unpaired) electrons. The second kappa shape index (κ2) is 8.90. The molecule has 0 bridgehead atoms. The Morgan fingerprint density at radius 3 is 2.39 bits per heavy atom. The van der Waals surface area contributed by atoms with Crippen molar-refractivity contribution in [2.45, 2.75) is 12.8 Å². The Bertz CT molecular complexity index is 969. The Kier molecular flexibility index (Phi) is 6.11. The number of carbonyl (C=O) groups excluding carboxylic acids is 1. The van der Waals surface area contributed by atoms with Crippen molar-refractivity contribution in [1.82, 2.24) is 19.9 Å². The molecule has 144 valence electrons. The molecule has 28 heavy (non-hydrogen) atoms. The molecular weight excluding hydrogens is 366 g/mol. The van der Waals surface area contributed by atoms with E-state index in [2.05, 4.69) is 20.3 Å². The summed E-state index contributed by atoms with van der Waals surface area (Å²) in [5.41, 5.74) is 0.908. The molecule has 1 aliphatic heterocycles. The number of anilines is 1. The van der Waals surface area contributed by atoms with Crippen molar-refractivity contribution in [3.8, 4) is 6.07 Å². The van der Waals surface area contributed by atoms with Crippen molar-refractivity contribution in [2.75, 3.05) is 24.5 Å². The Morgan fingerprint density at radius 2 is 1.79 bits per heavy atom. The van der Waals surface area contributed by atoms with Crippen molar-refractivity contribution >= 4 is 17.4 Å². The lowest BCUT2D eigenvalue weighted by molar-refractivity contribution is 0.0960. The molecule has 3 aromatic rings. The Labute approximate surface area is 160 Å². The standard InChI is InChI=1S/C13H14N6O.C6H4F2/c14-4-5-15-13(20)10-9-16-19-8-3-11(17-12(10)19)18-6-1-2-7-18;7-5-1-2-6(8)4-3-5/h3,8-9H,1-2,5-7H2,(H,15,20);1-4H. The summed E-state index contributed by atoms with van der Waals surface area (Å²) in [6.07, 6.45) is 5.61. The second-order valence-electron chi connectivity index (χ2n) is 6.08. The van der Waals surface area contributed by atoms with Crippen LogP contribution in [0.15, 0.2) is 42.7 Å². The topological polar surface area (TPSA) is 86.3 Å². The van der Waals surface area contributed by atoms with Gasteiger partial charge in [-0.15, -0.1) is 0 Å². The van der Waals surface area contributed by atoms with Gasteiger partial charge in [0, 0.05) is 19.3 Å². The molecule has 7 nitrogen and oxygen atoms in total. The van der Waals surface area contributed by atoms with E-state index in [-0.39, 0.29) is 12.5 Å². The normalized spacial score (nSPS) is 13.0. The summed E-state index contributed by atoms with van der Waals surface area (Å²) in [7, 11) is 0. The van der Waals surface area contributed by atoms with Gasteiger partial charge in [-0.05, 0) is 43.2 Å². The summed E-state index contributed by atoms with van der Waals surface area (Å²) in [6, 6.07) is 8.10. The number of nitriles is 1. The van der Waals surface area contributed by atoms with E-state index >= 15 is 0 Å². The maximum Gasteiger partial charge on any atom is 0.257 e. The molecular formula is C19H18F2N6O. The SMILES string of the molecule is Fc1ccc(F)cc1.N#CCNC(=O)c1cnn2ccc(N3CCCC3)nc12. The summed E-state index contributed by atoms with van der Waals surface area (Å²) in [5, 5.41) is 15.1. The van der Waals surface area contributed by atoms with Gasteiger partial charge in [0.1, 0.15) is 29.6 Å². The zero-order valence-electron chi connectivity index (χ0n) is 15.0. The first-order valence-electron chi connectivity index (χ1n) is 8.74. The van der Waals surface area contributed by atoms with Gasteiger partial charge in [0.25, 0.3) is 5.91 Å². The lowest BCUT2D eigenvalue weighted by Gasteiger charge is -2.16. The van der Waals surface area contributed by atoms with Gasteiger partial charge in [-0.1, -0.05) is 0 Å². The van der Waals surface area contributed by atoms with Crippen LogP contribution in [0.3, 0.4) is 0 Å². The molecule has 1 aliphatic rings. The summed E-state index contributed by atoms with van der Waals surface area (Å²) >= 11 is 0. The highest BCUT2D eigenvalue weighted by atomic mass is 19.1. The maximum absolute atomic E-state index is 11.9. The van der Waals surface area contributed by atoms with Crippen LogP contribution in [0.1, 0.15) is 23.2 Å². The van der Waals surface area contributed by atoms with Crippen molar-refractivity contribution < 1.29 is 13.6 Å². The van der Waals surface area contributed by atoms with Gasteiger partial charge >= 0.3 is 0 Å². The minimum absolute atomic E-state index is 0.0258. The number of benzene rings is 1. The number of carbonyl (C=O) groups is 1. The predicted molar refractivity (Wildman–Crippen MR) is 98.7 cm³/mol. The Balaban J connectivity index is 0.000000236. The predicted octanol–water partition coefficient (Wildman–Crippen LogP) is 2.55. The zero-order valence-corrected chi connectivity index (χ0v) is 15.0. The first kappa shape index (κ1) is 19.2. The third-order valence-electron chi connectivity index (χ3n) is 4.16. The van der Waals surface area contributed by atoms with Crippen LogP contribution in [0, 0.1) is 23.0 Å². The van der Waals surface area contributed by atoms with E-state index < -0.39 is 11.6 Å². The molecule has 0 unspecified atom stereocenters. The number of nitrogens with zero attached hydrogens (tertiary/aromatic N) is 5. The van der Waals surface area contributed by atoms with E-state index in [1.54, 1.807) is 10.7 Å². The van der Waals surface area contributed by atoms with E-state index in [4.69, 9.17) is 5.26 Å². The zero-order chi connectivity index (χ0) is 19.9. The van der Waals surface area contributed by atoms with Gasteiger partial charge in [-0.2, -0.15) is 10.4 Å². The third-order valence-corrected chi connectivity index (χ3v) is 4.16. The number of aromatic nitrogens is 3. The van der Waals surface area contributed by atoms with Crippen LogP contribution < -0.4 is 10.2 Å². The molecule has 0 spiro atoms. The molecule has 4 rings (SSSR count). The average molecular weight is 384 g/mol. The molecule has 2 aromatic heterocycles. The van der Waals surface area contributed by atoms with Crippen LogP contribution in [0.4, 0.5) is 14.6 Å². The monoisotopic (exact) mass is 384 g/mol. The van der Waals surface area contributed by atoms with Gasteiger partial charge in [0.15, 0.2) is 5.65 Å². The van der Waals surface area contributed by atoms with Crippen molar-refractivity contribution in [1.29, 1.82) is 5.26 Å². The quantitative estimate of drug-likeness (QED) is 0.702.